The van der Waals surface area contributed by atoms with Crippen molar-refractivity contribution in [1.82, 2.24) is 4.67 Å². The van der Waals surface area contributed by atoms with Crippen LogP contribution >= 0.6 is 25.3 Å². The maximum atomic E-state index is 10.7. The van der Waals surface area contributed by atoms with E-state index < -0.39 is 0 Å². The Balaban J connectivity index is 2.46. The Labute approximate surface area is 98.2 Å². The van der Waals surface area contributed by atoms with Crippen LogP contribution in [0, 0.1) is 10.1 Å². The van der Waals surface area contributed by atoms with Crippen molar-refractivity contribution < 1.29 is 4.92 Å². The Morgan fingerprint density at radius 2 is 2.20 bits per heavy atom. The van der Waals surface area contributed by atoms with Gasteiger partial charge in [-0.3, -0.25) is 14.8 Å². The van der Waals surface area contributed by atoms with E-state index in [0.717, 1.165) is 30.6 Å². The summed E-state index contributed by atoms with van der Waals surface area (Å²) in [6.07, 6.45) is 0.868. The second-order valence-corrected chi connectivity index (χ2v) is 5.13. The van der Waals surface area contributed by atoms with Crippen molar-refractivity contribution in [2.75, 3.05) is 6.54 Å². The molecule has 80 valence electrons. The van der Waals surface area contributed by atoms with Gasteiger partial charge in [0.2, 0.25) is 0 Å². The fraction of sp³-hybridized carbons (Fsp3) is 0.333. The zero-order valence-corrected chi connectivity index (χ0v) is 10.7. The fourth-order valence-electron chi connectivity index (χ4n) is 1.73. The Morgan fingerprint density at radius 1 is 1.47 bits per heavy atom. The first-order chi connectivity index (χ1) is 7.08. The number of rotatable bonds is 1. The van der Waals surface area contributed by atoms with E-state index in [1.54, 1.807) is 6.07 Å². The van der Waals surface area contributed by atoms with Crippen LogP contribution in [0.15, 0.2) is 16.6 Å². The van der Waals surface area contributed by atoms with Crippen LogP contribution in [0.5, 0.6) is 0 Å². The van der Waals surface area contributed by atoms with E-state index in [9.17, 15) is 10.1 Å². The molecule has 1 aliphatic heterocycles. The van der Waals surface area contributed by atoms with Gasteiger partial charge in [-0.25, -0.2) is 0 Å². The second-order valence-electron chi connectivity index (χ2n) is 3.55. The molecular weight excluding hydrogens is 279 g/mol. The molecule has 0 radical (unpaired) electrons. The van der Waals surface area contributed by atoms with Crippen molar-refractivity contribution in [1.29, 1.82) is 0 Å². The smallest absolute Gasteiger partial charge is 0.283 e. The molecule has 1 atom stereocenters. The van der Waals surface area contributed by atoms with E-state index in [1.165, 1.54) is 0 Å². The van der Waals surface area contributed by atoms with Crippen LogP contribution in [0.25, 0.3) is 0 Å². The molecule has 1 aromatic carbocycles. The Hall–Kier alpha value is -0.510. The van der Waals surface area contributed by atoms with Crippen LogP contribution in [0.3, 0.4) is 0 Å². The van der Waals surface area contributed by atoms with Gasteiger partial charge in [0, 0.05) is 19.2 Å². The van der Waals surface area contributed by atoms with Crippen LogP contribution < -0.4 is 0 Å². The maximum absolute atomic E-state index is 10.7. The number of fused-ring (bicyclic) bond motifs is 1. The molecule has 1 unspecified atom stereocenters. The third-order valence-electron chi connectivity index (χ3n) is 2.51. The van der Waals surface area contributed by atoms with Gasteiger partial charge in [0.1, 0.15) is 0 Å². The van der Waals surface area contributed by atoms with E-state index in [4.69, 9.17) is 0 Å². The zero-order valence-electron chi connectivity index (χ0n) is 7.94. The molecule has 0 saturated heterocycles. The van der Waals surface area contributed by atoms with Gasteiger partial charge in [0.25, 0.3) is 5.69 Å². The summed E-state index contributed by atoms with van der Waals surface area (Å²) in [7, 11) is 2.66. The van der Waals surface area contributed by atoms with Crippen LogP contribution in [0.1, 0.15) is 11.1 Å². The fourth-order valence-corrected chi connectivity index (χ4v) is 2.59. The first kappa shape index (κ1) is 11.0. The highest BCUT2D eigenvalue weighted by atomic mass is 79.9. The summed E-state index contributed by atoms with van der Waals surface area (Å²) in [5, 5.41) is 10.7. The summed E-state index contributed by atoms with van der Waals surface area (Å²) >= 11 is 3.23. The lowest BCUT2D eigenvalue weighted by atomic mass is 10.0. The Kier molecular flexibility index (Phi) is 3.05. The molecule has 1 heterocycles. The predicted molar refractivity (Wildman–Crippen MR) is 64.6 cm³/mol. The molecule has 2 rings (SSSR count). The van der Waals surface area contributed by atoms with Crippen LogP contribution in [0.4, 0.5) is 5.69 Å². The summed E-state index contributed by atoms with van der Waals surface area (Å²) in [5.74, 6) is 0. The largest absolute Gasteiger partial charge is 0.283 e. The van der Waals surface area contributed by atoms with E-state index in [0.29, 0.717) is 4.47 Å². The van der Waals surface area contributed by atoms with Crippen LogP contribution in [0.2, 0.25) is 0 Å². The number of nitrogens with zero attached hydrogens (tertiary/aromatic N) is 2. The Bertz CT molecular complexity index is 425. The number of benzene rings is 1. The second kappa shape index (κ2) is 4.16. The molecule has 6 heteroatoms. The van der Waals surface area contributed by atoms with Crippen molar-refractivity contribution in [3.05, 3.63) is 37.8 Å². The maximum Gasteiger partial charge on any atom is 0.283 e. The lowest BCUT2D eigenvalue weighted by Crippen LogP contribution is -2.21. The molecule has 15 heavy (non-hydrogen) atoms. The number of nitro benzene ring substituents is 1. The van der Waals surface area contributed by atoms with Gasteiger partial charge >= 0.3 is 0 Å². The molecule has 0 spiro atoms. The monoisotopic (exact) mass is 288 g/mol. The highest BCUT2D eigenvalue weighted by molar-refractivity contribution is 9.10. The molecule has 1 aromatic rings. The molecule has 0 fully saturated rings. The summed E-state index contributed by atoms with van der Waals surface area (Å²) in [6.45, 7) is 1.76. The Morgan fingerprint density at radius 3 is 2.87 bits per heavy atom. The van der Waals surface area contributed by atoms with Crippen LogP contribution in [-0.2, 0) is 13.0 Å². The number of hydrogen-bond donors (Lipinski definition) is 0. The minimum absolute atomic E-state index is 0.158. The van der Waals surface area contributed by atoms with Crippen molar-refractivity contribution in [3.8, 4) is 0 Å². The molecular formula is C9H10BrN2O2P. The zero-order chi connectivity index (χ0) is 11.0. The third kappa shape index (κ3) is 2.19. The van der Waals surface area contributed by atoms with E-state index in [-0.39, 0.29) is 10.6 Å². The van der Waals surface area contributed by atoms with Gasteiger partial charge in [-0.15, -0.1) is 0 Å². The molecule has 1 aliphatic rings. The SMILES string of the molecule is O=[N+]([O-])c1cc2c(cc1Br)CN(P)CC2. The van der Waals surface area contributed by atoms with Gasteiger partial charge in [-0.2, -0.15) is 0 Å². The first-order valence-corrected chi connectivity index (χ1v) is 5.84. The minimum Gasteiger partial charge on any atom is -0.283 e. The predicted octanol–water partition coefficient (Wildman–Crippen LogP) is 2.51. The topological polar surface area (TPSA) is 46.4 Å². The highest BCUT2D eigenvalue weighted by Gasteiger charge is 2.20. The molecule has 0 aliphatic carbocycles. The molecule has 4 nitrogen and oxygen atoms in total. The first-order valence-electron chi connectivity index (χ1n) is 4.53. The summed E-state index contributed by atoms with van der Waals surface area (Å²) in [5.41, 5.74) is 2.41. The number of nitro groups is 1. The van der Waals surface area contributed by atoms with Gasteiger partial charge < -0.3 is 0 Å². The number of halogens is 1. The normalized spacial score (nSPS) is 16.1. The highest BCUT2D eigenvalue weighted by Crippen LogP contribution is 2.31. The lowest BCUT2D eigenvalue weighted by Gasteiger charge is -2.24. The minimum atomic E-state index is -0.350. The third-order valence-corrected chi connectivity index (χ3v) is 3.58. The summed E-state index contributed by atoms with van der Waals surface area (Å²) in [6, 6.07) is 3.53. The van der Waals surface area contributed by atoms with E-state index in [2.05, 4.69) is 30.0 Å². The van der Waals surface area contributed by atoms with E-state index >= 15 is 0 Å². The van der Waals surface area contributed by atoms with Gasteiger partial charge in [-0.05, 0) is 39.5 Å². The molecule has 0 amide bonds. The summed E-state index contributed by atoms with van der Waals surface area (Å²) < 4.78 is 2.69. The molecule has 0 bridgehead atoms. The number of hydrogen-bond acceptors (Lipinski definition) is 3. The van der Waals surface area contributed by atoms with Crippen molar-refractivity contribution >= 4 is 31.0 Å². The van der Waals surface area contributed by atoms with E-state index in [1.807, 2.05) is 6.07 Å². The molecule has 0 aromatic heterocycles. The van der Waals surface area contributed by atoms with Crippen LogP contribution in [-0.4, -0.2) is 16.1 Å². The van der Waals surface area contributed by atoms with Crippen molar-refractivity contribution in [3.63, 3.8) is 0 Å². The van der Waals surface area contributed by atoms with Crippen molar-refractivity contribution in [2.24, 2.45) is 0 Å². The molecule has 0 saturated carbocycles. The average molecular weight is 289 g/mol. The lowest BCUT2D eigenvalue weighted by molar-refractivity contribution is -0.385. The van der Waals surface area contributed by atoms with Gasteiger partial charge in [-0.1, -0.05) is 9.39 Å². The quantitative estimate of drug-likeness (QED) is 0.453. The standard InChI is InChI=1S/C9H10BrN2O2P/c10-8-3-7-5-11(15)2-1-6(7)4-9(8)12(13)14/h3-4H,1-2,5,15H2. The average Bonchev–Trinajstić information content (AvgIpc) is 2.15. The van der Waals surface area contributed by atoms with Gasteiger partial charge in [0.15, 0.2) is 0 Å². The molecule has 0 N–H and O–H groups in total. The summed E-state index contributed by atoms with van der Waals surface area (Å²) in [4.78, 5) is 10.4. The van der Waals surface area contributed by atoms with Crippen molar-refractivity contribution in [2.45, 2.75) is 13.0 Å². The van der Waals surface area contributed by atoms with Gasteiger partial charge in [0.05, 0.1) is 9.40 Å².